The number of hydrogen-bond donors (Lipinski definition) is 3. The third-order valence-corrected chi connectivity index (χ3v) is 18.8. The van der Waals surface area contributed by atoms with Gasteiger partial charge in [0, 0.05) is 25.7 Å². The summed E-state index contributed by atoms with van der Waals surface area (Å²) in [6.07, 6.45) is 44.8. The zero-order valence-corrected chi connectivity index (χ0v) is 61.3. The Morgan fingerprint density at radius 3 is 0.780 bits per heavy atom. The van der Waals surface area contributed by atoms with Crippen molar-refractivity contribution in [1.82, 2.24) is 0 Å². The van der Waals surface area contributed by atoms with E-state index in [2.05, 4.69) is 55.4 Å². The minimum atomic E-state index is -4.95. The van der Waals surface area contributed by atoms with Crippen molar-refractivity contribution in [3.05, 3.63) is 0 Å². The van der Waals surface area contributed by atoms with Crippen molar-refractivity contribution in [2.75, 3.05) is 39.6 Å². The summed E-state index contributed by atoms with van der Waals surface area (Å²) >= 11 is 0. The lowest BCUT2D eigenvalue weighted by atomic mass is 9.99. The third kappa shape index (κ3) is 65.1. The van der Waals surface area contributed by atoms with E-state index in [-0.39, 0.29) is 25.7 Å². The molecule has 0 aromatic rings. The van der Waals surface area contributed by atoms with Crippen LogP contribution in [-0.4, -0.2) is 96.7 Å². The SMILES string of the molecule is CCC(C)CCCCCCCCCCCCCCCCC(=O)OC[C@H](COP(=O)(O)OC[C@@H](O)COP(=O)(O)OC[C@@H](COC(=O)CCCCCCCCC(C)C)OC(=O)CCCCCCCCCCCCCCC(C)C)OC(=O)CCCCCCCCC(C)C. The molecule has 6 atom stereocenters. The molecule has 0 bridgehead atoms. The first-order valence-electron chi connectivity index (χ1n) is 37.2. The van der Waals surface area contributed by atoms with Crippen LogP contribution in [0.25, 0.3) is 0 Å². The fraction of sp³-hybridized carbons (Fsp3) is 0.944. The number of phosphoric acid groups is 2. The molecular formula is C72H140O17P2. The summed E-state index contributed by atoms with van der Waals surface area (Å²) in [4.78, 5) is 72.5. The van der Waals surface area contributed by atoms with E-state index in [4.69, 9.17) is 37.0 Å². The average molecular weight is 1340 g/mol. The number of aliphatic hydroxyl groups excluding tert-OH is 1. The van der Waals surface area contributed by atoms with E-state index in [9.17, 15) is 43.2 Å². The molecule has 0 rings (SSSR count). The molecule has 0 amide bonds. The lowest BCUT2D eigenvalue weighted by Crippen LogP contribution is -2.30. The largest absolute Gasteiger partial charge is 0.472 e. The molecule has 3 N–H and O–H groups in total. The number of carbonyl (C=O) groups excluding carboxylic acids is 4. The first kappa shape index (κ1) is 89.1. The van der Waals surface area contributed by atoms with Gasteiger partial charge in [-0.25, -0.2) is 9.13 Å². The summed E-state index contributed by atoms with van der Waals surface area (Å²) < 4.78 is 68.3. The summed E-state index contributed by atoms with van der Waals surface area (Å²) in [6.45, 7) is 14.1. The van der Waals surface area contributed by atoms with Gasteiger partial charge in [-0.2, -0.15) is 0 Å². The van der Waals surface area contributed by atoms with Gasteiger partial charge < -0.3 is 33.8 Å². The number of unbranched alkanes of at least 4 members (excludes halogenated alkanes) is 34. The van der Waals surface area contributed by atoms with E-state index in [1.165, 1.54) is 154 Å². The van der Waals surface area contributed by atoms with E-state index in [0.717, 1.165) is 108 Å². The van der Waals surface area contributed by atoms with Crippen molar-refractivity contribution in [2.24, 2.45) is 23.7 Å². The maximum Gasteiger partial charge on any atom is 0.472 e. The van der Waals surface area contributed by atoms with Gasteiger partial charge in [0.15, 0.2) is 12.2 Å². The summed E-state index contributed by atoms with van der Waals surface area (Å²) in [5.41, 5.74) is 0. The fourth-order valence-corrected chi connectivity index (χ4v) is 12.4. The highest BCUT2D eigenvalue weighted by Gasteiger charge is 2.30. The predicted molar refractivity (Wildman–Crippen MR) is 367 cm³/mol. The van der Waals surface area contributed by atoms with Crippen LogP contribution in [0, 0.1) is 23.7 Å². The van der Waals surface area contributed by atoms with E-state index < -0.39 is 97.5 Å². The summed E-state index contributed by atoms with van der Waals surface area (Å²) in [6, 6.07) is 0. The molecule has 0 spiro atoms. The molecule has 540 valence electrons. The maximum atomic E-state index is 13.0. The Kier molecular flexibility index (Phi) is 60.3. The Labute approximate surface area is 556 Å². The smallest absolute Gasteiger partial charge is 0.462 e. The quantitative estimate of drug-likeness (QED) is 0.0222. The number of rotatable bonds is 69. The molecule has 0 aliphatic rings. The van der Waals surface area contributed by atoms with Crippen LogP contribution in [-0.2, 0) is 65.4 Å². The van der Waals surface area contributed by atoms with Gasteiger partial charge in [0.05, 0.1) is 26.4 Å². The third-order valence-electron chi connectivity index (χ3n) is 16.9. The zero-order valence-electron chi connectivity index (χ0n) is 59.5. The van der Waals surface area contributed by atoms with Gasteiger partial charge in [-0.15, -0.1) is 0 Å². The van der Waals surface area contributed by atoms with Gasteiger partial charge in [0.1, 0.15) is 19.3 Å². The minimum absolute atomic E-state index is 0.102. The zero-order chi connectivity index (χ0) is 67.5. The van der Waals surface area contributed by atoms with Crippen molar-refractivity contribution >= 4 is 39.5 Å². The predicted octanol–water partition coefficient (Wildman–Crippen LogP) is 20.5. The molecule has 0 aromatic carbocycles. The van der Waals surface area contributed by atoms with Crippen LogP contribution in [0.15, 0.2) is 0 Å². The number of aliphatic hydroxyl groups is 1. The molecule has 0 radical (unpaired) electrons. The number of hydrogen-bond acceptors (Lipinski definition) is 15. The molecular weight excluding hydrogens is 1200 g/mol. The van der Waals surface area contributed by atoms with E-state index in [1.54, 1.807) is 0 Å². The van der Waals surface area contributed by atoms with Gasteiger partial charge in [0.2, 0.25) is 0 Å². The molecule has 0 heterocycles. The molecule has 0 fully saturated rings. The Morgan fingerprint density at radius 2 is 0.527 bits per heavy atom. The first-order valence-corrected chi connectivity index (χ1v) is 40.2. The van der Waals surface area contributed by atoms with Gasteiger partial charge in [-0.1, -0.05) is 306 Å². The lowest BCUT2D eigenvalue weighted by molar-refractivity contribution is -0.161. The second kappa shape index (κ2) is 61.6. The molecule has 0 saturated carbocycles. The molecule has 3 unspecified atom stereocenters. The highest BCUT2D eigenvalue weighted by Crippen LogP contribution is 2.45. The van der Waals surface area contributed by atoms with E-state index >= 15 is 0 Å². The molecule has 19 heteroatoms. The number of esters is 4. The monoisotopic (exact) mass is 1340 g/mol. The van der Waals surface area contributed by atoms with Crippen LogP contribution in [0.4, 0.5) is 0 Å². The van der Waals surface area contributed by atoms with Gasteiger partial charge >= 0.3 is 39.5 Å². The number of carbonyl (C=O) groups is 4. The average Bonchev–Trinajstić information content (AvgIpc) is 2.83. The molecule has 0 saturated heterocycles. The van der Waals surface area contributed by atoms with Crippen LogP contribution in [0.3, 0.4) is 0 Å². The summed E-state index contributed by atoms with van der Waals surface area (Å²) in [5, 5.41) is 10.6. The summed E-state index contributed by atoms with van der Waals surface area (Å²) in [7, 11) is -9.90. The number of ether oxygens (including phenoxy) is 4. The molecule has 91 heavy (non-hydrogen) atoms. The fourth-order valence-electron chi connectivity index (χ4n) is 10.8. The van der Waals surface area contributed by atoms with Gasteiger partial charge in [0.25, 0.3) is 0 Å². The lowest BCUT2D eigenvalue weighted by Gasteiger charge is -2.21. The van der Waals surface area contributed by atoms with Crippen molar-refractivity contribution in [1.29, 1.82) is 0 Å². The van der Waals surface area contributed by atoms with Crippen LogP contribution < -0.4 is 0 Å². The van der Waals surface area contributed by atoms with Crippen molar-refractivity contribution in [3.63, 3.8) is 0 Å². The topological polar surface area (TPSA) is 237 Å². The van der Waals surface area contributed by atoms with Crippen molar-refractivity contribution < 1.29 is 80.2 Å². The standard InChI is InChI=1S/C72H140O17P2/c1-9-65(8)51-43-35-25-21-17-12-10-11-13-18-22-26-36-44-52-69(74)82-58-68(89-72(77)55-47-39-31-29-34-42-50-64(6)7)61-87-91(80,81)85-57-66(73)56-84-90(78,79)86-60-67(59-83-70(75)53-45-37-30-28-33-41-49-63(4)5)88-71(76)54-46-38-27-23-19-15-14-16-20-24-32-40-48-62(2)3/h62-68,73H,9-61H2,1-8H3,(H,78,79)(H,80,81)/t65?,66-,67+,68+/m0/s1. The second-order valence-electron chi connectivity index (χ2n) is 27.6. The van der Waals surface area contributed by atoms with Crippen molar-refractivity contribution in [2.45, 2.75) is 375 Å². The highest BCUT2D eigenvalue weighted by molar-refractivity contribution is 7.47. The Balaban J connectivity index is 5.16. The summed E-state index contributed by atoms with van der Waals surface area (Å²) in [5.74, 6) is 0.843. The normalized spacial score (nSPS) is 14.5. The minimum Gasteiger partial charge on any atom is -0.462 e. The van der Waals surface area contributed by atoms with E-state index in [1.807, 2.05) is 0 Å². The van der Waals surface area contributed by atoms with Gasteiger partial charge in [-0.05, 0) is 49.4 Å². The van der Waals surface area contributed by atoms with Crippen LogP contribution in [0.2, 0.25) is 0 Å². The molecule has 0 aliphatic carbocycles. The molecule has 17 nitrogen and oxygen atoms in total. The first-order chi connectivity index (χ1) is 43.6. The molecule has 0 aliphatic heterocycles. The van der Waals surface area contributed by atoms with Crippen molar-refractivity contribution in [3.8, 4) is 0 Å². The number of phosphoric ester groups is 2. The van der Waals surface area contributed by atoms with Gasteiger partial charge in [-0.3, -0.25) is 37.3 Å². The maximum absolute atomic E-state index is 13.0. The van der Waals surface area contributed by atoms with Crippen LogP contribution >= 0.6 is 15.6 Å². The Hall–Kier alpha value is -1.94. The Bertz CT molecular complexity index is 1800. The Morgan fingerprint density at radius 1 is 0.308 bits per heavy atom. The second-order valence-corrected chi connectivity index (χ2v) is 30.6. The van der Waals surface area contributed by atoms with Crippen LogP contribution in [0.5, 0.6) is 0 Å². The van der Waals surface area contributed by atoms with E-state index in [0.29, 0.717) is 37.5 Å². The van der Waals surface area contributed by atoms with Crippen LogP contribution in [0.1, 0.15) is 357 Å². The highest BCUT2D eigenvalue weighted by atomic mass is 31.2. The molecule has 0 aromatic heterocycles.